The van der Waals surface area contributed by atoms with E-state index in [1.165, 1.54) is 11.6 Å². The number of likely N-dealkylation sites (tertiary alicyclic amines) is 1. The van der Waals surface area contributed by atoms with Crippen LogP contribution in [0.15, 0.2) is 42.5 Å². The predicted molar refractivity (Wildman–Crippen MR) is 125 cm³/mol. The summed E-state index contributed by atoms with van der Waals surface area (Å²) in [4.78, 5) is 2.49. The monoisotopic (exact) mass is 528 g/mol. The third-order valence-corrected chi connectivity index (χ3v) is 6.01. The number of hydrogen-bond acceptors (Lipinski definition) is 5. The summed E-state index contributed by atoms with van der Waals surface area (Å²) < 4.78 is 6.31. The molecule has 160 valence electrons. The normalized spacial score (nSPS) is 22.2. The van der Waals surface area contributed by atoms with Gasteiger partial charge in [0.2, 0.25) is 0 Å². The third-order valence-electron chi connectivity index (χ3n) is 6.01. The highest BCUT2D eigenvalue weighted by Crippen LogP contribution is 2.42. The van der Waals surface area contributed by atoms with Crippen LogP contribution < -0.4 is 5.73 Å². The molecule has 2 aromatic rings. The predicted octanol–water partition coefficient (Wildman–Crippen LogP) is 4.11. The topological polar surface area (TPSA) is 79.0 Å². The minimum Gasteiger partial charge on any atom is -0.504 e. The van der Waals surface area contributed by atoms with Crippen LogP contribution in [0.1, 0.15) is 35.6 Å². The van der Waals surface area contributed by atoms with Crippen molar-refractivity contribution in [2.24, 2.45) is 11.7 Å². The summed E-state index contributed by atoms with van der Waals surface area (Å²) in [6.07, 6.45) is 2.60. The van der Waals surface area contributed by atoms with Gasteiger partial charge in [-0.1, -0.05) is 36.4 Å². The van der Waals surface area contributed by atoms with Gasteiger partial charge < -0.3 is 20.7 Å². The Morgan fingerprint density at radius 3 is 2.34 bits per heavy atom. The molecule has 7 heteroatoms. The second-order valence-electron chi connectivity index (χ2n) is 7.70. The van der Waals surface area contributed by atoms with Crippen LogP contribution in [0.5, 0.6) is 11.5 Å². The highest BCUT2D eigenvalue weighted by molar-refractivity contribution is 8.93. The van der Waals surface area contributed by atoms with E-state index in [1.807, 2.05) is 6.07 Å². The van der Waals surface area contributed by atoms with E-state index in [0.717, 1.165) is 43.6 Å². The van der Waals surface area contributed by atoms with Gasteiger partial charge in [-0.3, -0.25) is 4.90 Å². The van der Waals surface area contributed by atoms with Crippen molar-refractivity contribution >= 4 is 34.0 Å². The van der Waals surface area contributed by atoms with E-state index in [2.05, 4.69) is 35.2 Å². The molecule has 5 nitrogen and oxygen atoms in total. The average molecular weight is 530 g/mol. The van der Waals surface area contributed by atoms with Crippen molar-refractivity contribution in [1.29, 1.82) is 0 Å². The number of hydrogen-bond donors (Lipinski definition) is 3. The molecule has 0 amide bonds. The molecule has 4 rings (SSSR count). The van der Waals surface area contributed by atoms with Gasteiger partial charge >= 0.3 is 0 Å². The van der Waals surface area contributed by atoms with Crippen molar-refractivity contribution in [3.05, 3.63) is 59.2 Å². The lowest BCUT2D eigenvalue weighted by Crippen LogP contribution is -2.41. The molecule has 4 N–H and O–H groups in total. The van der Waals surface area contributed by atoms with Crippen LogP contribution in [0.4, 0.5) is 0 Å². The van der Waals surface area contributed by atoms with Crippen LogP contribution in [0.3, 0.4) is 0 Å². The molecule has 0 radical (unpaired) electrons. The Kier molecular flexibility index (Phi) is 8.97. The number of aromatic hydroxyl groups is 2. The van der Waals surface area contributed by atoms with Crippen molar-refractivity contribution in [3.63, 3.8) is 0 Å². The molecular formula is C22H30Br2N2O3. The molecule has 0 aromatic heterocycles. The van der Waals surface area contributed by atoms with Gasteiger partial charge in [0.05, 0.1) is 12.2 Å². The first-order valence-electron chi connectivity index (χ1n) is 9.81. The van der Waals surface area contributed by atoms with E-state index in [1.54, 1.807) is 0 Å². The summed E-state index contributed by atoms with van der Waals surface area (Å²) in [5.41, 5.74) is 8.99. The molecule has 29 heavy (non-hydrogen) atoms. The van der Waals surface area contributed by atoms with Gasteiger partial charge in [-0.15, -0.1) is 34.0 Å². The molecule has 2 heterocycles. The number of nitrogens with zero attached hydrogens (tertiary/aromatic N) is 1. The molecular weight excluding hydrogens is 500 g/mol. The number of phenols is 2. The Morgan fingerprint density at radius 1 is 1.00 bits per heavy atom. The van der Waals surface area contributed by atoms with Crippen LogP contribution in [0.2, 0.25) is 0 Å². The minimum absolute atomic E-state index is 0. The van der Waals surface area contributed by atoms with Crippen molar-refractivity contribution in [2.75, 3.05) is 19.6 Å². The second-order valence-corrected chi connectivity index (χ2v) is 7.70. The van der Waals surface area contributed by atoms with E-state index in [0.29, 0.717) is 18.9 Å². The van der Waals surface area contributed by atoms with Crippen molar-refractivity contribution in [2.45, 2.75) is 38.0 Å². The van der Waals surface area contributed by atoms with Gasteiger partial charge in [0.15, 0.2) is 11.5 Å². The molecule has 2 atom stereocenters. The van der Waals surface area contributed by atoms with E-state index in [-0.39, 0.29) is 57.7 Å². The highest BCUT2D eigenvalue weighted by atomic mass is 79.9. The summed E-state index contributed by atoms with van der Waals surface area (Å²) in [5.74, 6) is 0.365. The maximum atomic E-state index is 10.3. The number of fused-ring (bicyclic) bond motifs is 1. The zero-order chi connectivity index (χ0) is 18.8. The van der Waals surface area contributed by atoms with Crippen molar-refractivity contribution < 1.29 is 14.9 Å². The first kappa shape index (κ1) is 24.2. The summed E-state index contributed by atoms with van der Waals surface area (Å²) in [6, 6.07) is 13.9. The smallest absolute Gasteiger partial charge is 0.161 e. The zero-order valence-electron chi connectivity index (χ0n) is 16.4. The zero-order valence-corrected chi connectivity index (χ0v) is 19.8. The fraction of sp³-hybridized carbons (Fsp3) is 0.455. The Bertz CT molecular complexity index is 783. The lowest BCUT2D eigenvalue weighted by Gasteiger charge is -2.40. The quantitative estimate of drug-likeness (QED) is 0.519. The van der Waals surface area contributed by atoms with Gasteiger partial charge in [-0.25, -0.2) is 0 Å². The maximum absolute atomic E-state index is 10.3. The number of ether oxygens (including phenoxy) is 1. The Hall–Kier alpha value is -1.12. The number of halogens is 2. The minimum atomic E-state index is -0.215. The Morgan fingerprint density at radius 2 is 1.69 bits per heavy atom. The van der Waals surface area contributed by atoms with E-state index in [4.69, 9.17) is 10.5 Å². The summed E-state index contributed by atoms with van der Waals surface area (Å²) >= 11 is 0. The van der Waals surface area contributed by atoms with E-state index >= 15 is 0 Å². The van der Waals surface area contributed by atoms with Gasteiger partial charge in [0.1, 0.15) is 0 Å². The largest absolute Gasteiger partial charge is 0.504 e. The van der Waals surface area contributed by atoms with Crippen molar-refractivity contribution in [1.82, 2.24) is 4.90 Å². The Balaban J connectivity index is 0.00000150. The first-order chi connectivity index (χ1) is 13.2. The number of benzene rings is 2. The molecule has 2 aliphatic rings. The van der Waals surface area contributed by atoms with E-state index in [9.17, 15) is 10.2 Å². The van der Waals surface area contributed by atoms with E-state index < -0.39 is 0 Å². The molecule has 0 spiro atoms. The number of phenolic OH excluding ortho intramolecular Hbond substituents is 2. The van der Waals surface area contributed by atoms with Crippen LogP contribution in [-0.2, 0) is 17.7 Å². The molecule has 0 bridgehead atoms. The van der Waals surface area contributed by atoms with Gasteiger partial charge in [-0.2, -0.15) is 0 Å². The first-order valence-corrected chi connectivity index (χ1v) is 9.81. The number of rotatable bonds is 4. The SMILES string of the molecule is Br.Br.NC[C@H]1O[C@@H](C2CCN(Cc3ccccc3)CC2)Cc2c1ccc(O)c2O. The molecule has 0 unspecified atom stereocenters. The van der Waals surface area contributed by atoms with Crippen LogP contribution in [0.25, 0.3) is 0 Å². The average Bonchev–Trinajstić information content (AvgIpc) is 2.71. The van der Waals surface area contributed by atoms with Gasteiger partial charge in [-0.05, 0) is 49.0 Å². The third kappa shape index (κ3) is 5.33. The molecule has 0 saturated carbocycles. The lowest BCUT2D eigenvalue weighted by atomic mass is 9.83. The molecule has 2 aromatic carbocycles. The fourth-order valence-electron chi connectivity index (χ4n) is 4.47. The highest BCUT2D eigenvalue weighted by Gasteiger charge is 2.35. The van der Waals surface area contributed by atoms with Crippen molar-refractivity contribution in [3.8, 4) is 11.5 Å². The number of nitrogens with two attached hydrogens (primary N) is 1. The molecule has 0 aliphatic carbocycles. The second kappa shape index (κ2) is 10.8. The standard InChI is InChI=1S/C22H28N2O3.2BrH/c23-13-21-17-6-7-19(25)22(26)18(17)12-20(27-21)16-8-10-24(11-9-16)14-15-4-2-1-3-5-15;;/h1-7,16,20-21,25-26H,8-14,23H2;2*1H/t20-,21-;;/m1../s1. The fourth-order valence-corrected chi connectivity index (χ4v) is 4.47. The summed E-state index contributed by atoms with van der Waals surface area (Å²) in [6.45, 7) is 3.46. The molecule has 1 fully saturated rings. The lowest BCUT2D eigenvalue weighted by molar-refractivity contribution is -0.0651. The summed E-state index contributed by atoms with van der Waals surface area (Å²) in [7, 11) is 0. The Labute approximate surface area is 193 Å². The number of piperidine rings is 1. The van der Waals surface area contributed by atoms with Gasteiger partial charge in [0.25, 0.3) is 0 Å². The molecule has 1 saturated heterocycles. The van der Waals surface area contributed by atoms with Crippen LogP contribution >= 0.6 is 34.0 Å². The molecule has 2 aliphatic heterocycles. The van der Waals surface area contributed by atoms with Crippen LogP contribution in [-0.4, -0.2) is 40.9 Å². The maximum Gasteiger partial charge on any atom is 0.161 e. The summed E-state index contributed by atoms with van der Waals surface area (Å²) in [5, 5.41) is 20.2. The van der Waals surface area contributed by atoms with Gasteiger partial charge in [0, 0.05) is 25.1 Å². The van der Waals surface area contributed by atoms with Crippen LogP contribution in [0, 0.1) is 5.92 Å².